The molecule has 2 aliphatic rings. The number of nitrogens with zero attached hydrogens (tertiary/aromatic N) is 3. The molecule has 1 fully saturated rings. The van der Waals surface area contributed by atoms with E-state index in [1.165, 1.54) is 6.07 Å². The fourth-order valence-corrected chi connectivity index (χ4v) is 5.28. The number of Topliss-reactive ketones (excluding diaryl/α,β-unsaturated/α-hetero) is 1. The molecule has 37 heavy (non-hydrogen) atoms. The first kappa shape index (κ1) is 25.2. The molecule has 0 saturated heterocycles. The van der Waals surface area contributed by atoms with Crippen LogP contribution in [-0.4, -0.2) is 27.3 Å². The Hall–Kier alpha value is -3.42. The summed E-state index contributed by atoms with van der Waals surface area (Å²) in [7, 11) is 0. The maximum atomic E-state index is 15.9. The van der Waals surface area contributed by atoms with Crippen molar-refractivity contribution >= 4 is 5.78 Å². The minimum Gasteiger partial charge on any atom is -0.481 e. The average molecular weight is 508 g/mol. The number of ether oxygens (including phenoxy) is 2. The van der Waals surface area contributed by atoms with E-state index >= 15 is 4.39 Å². The molecule has 1 aliphatic heterocycles. The molecule has 0 amide bonds. The zero-order valence-corrected chi connectivity index (χ0v) is 21.6. The second kappa shape index (κ2) is 10.1. The van der Waals surface area contributed by atoms with Gasteiger partial charge in [-0.25, -0.2) is 13.8 Å². The van der Waals surface area contributed by atoms with Crippen LogP contribution in [0.5, 0.6) is 11.6 Å². The Kier molecular flexibility index (Phi) is 6.92. The van der Waals surface area contributed by atoms with Crippen molar-refractivity contribution in [2.24, 2.45) is 11.8 Å². The van der Waals surface area contributed by atoms with Crippen LogP contribution in [0.4, 0.5) is 8.78 Å². The Labute approximate surface area is 215 Å². The van der Waals surface area contributed by atoms with E-state index in [-0.39, 0.29) is 34.7 Å². The molecule has 1 aromatic carbocycles. The molecule has 0 N–H and O–H groups in total. The van der Waals surface area contributed by atoms with Gasteiger partial charge in [-0.05, 0) is 69.4 Å². The van der Waals surface area contributed by atoms with Gasteiger partial charge in [0.25, 0.3) is 0 Å². The third kappa shape index (κ3) is 4.93. The molecule has 6 nitrogen and oxygen atoms in total. The molecular formula is C29H31F2N3O3. The first-order valence-electron chi connectivity index (χ1n) is 12.9. The van der Waals surface area contributed by atoms with Gasteiger partial charge < -0.3 is 9.47 Å². The number of carbonyl (C=O) groups excluding carboxylic acids is 1. The summed E-state index contributed by atoms with van der Waals surface area (Å²) < 4.78 is 42.0. The standard InChI is InChI=1S/C29H31F2N3O3/c1-5-36-25-12-21(22(30)13-32-25)28-16(3)34-23(14-33-28)24-11-9-19-8-10-20(27(31)29(19)37-24)26(18-6-7-18)15(2)17(4)35/h8,10,12-15,18,24,26H,5-7,9,11H2,1-4H3/t15-,24?,26+/m1/s1. The summed E-state index contributed by atoms with van der Waals surface area (Å²) in [6.07, 6.45) is 5.45. The van der Waals surface area contributed by atoms with Crippen LogP contribution in [0.25, 0.3) is 11.3 Å². The highest BCUT2D eigenvalue weighted by atomic mass is 19.1. The second-order valence-corrected chi connectivity index (χ2v) is 10.0. The van der Waals surface area contributed by atoms with E-state index in [9.17, 15) is 9.18 Å². The second-order valence-electron chi connectivity index (χ2n) is 10.0. The largest absolute Gasteiger partial charge is 0.481 e. The molecule has 1 saturated carbocycles. The molecular weight excluding hydrogens is 476 g/mol. The molecule has 1 aliphatic carbocycles. The SMILES string of the molecule is CCOc1cc(-c2ncc(C3CCc4ccc([C@H](C5CC5)[C@H](C)C(C)=O)c(F)c4O3)nc2C)c(F)cn1. The van der Waals surface area contributed by atoms with Crippen molar-refractivity contribution in [3.63, 3.8) is 0 Å². The maximum Gasteiger partial charge on any atom is 0.214 e. The number of hydrogen-bond donors (Lipinski definition) is 0. The first-order valence-corrected chi connectivity index (χ1v) is 12.9. The summed E-state index contributed by atoms with van der Waals surface area (Å²) in [5.41, 5.74) is 3.10. The summed E-state index contributed by atoms with van der Waals surface area (Å²) in [5.74, 6) is -0.359. The van der Waals surface area contributed by atoms with Crippen LogP contribution in [0, 0.1) is 30.4 Å². The minimum absolute atomic E-state index is 0.0673. The zero-order valence-electron chi connectivity index (χ0n) is 21.6. The Balaban J connectivity index is 1.43. The van der Waals surface area contributed by atoms with Gasteiger partial charge in [0.1, 0.15) is 11.9 Å². The topological polar surface area (TPSA) is 74.2 Å². The van der Waals surface area contributed by atoms with Crippen molar-refractivity contribution in [1.82, 2.24) is 15.0 Å². The third-order valence-corrected chi connectivity index (χ3v) is 7.49. The lowest BCUT2D eigenvalue weighted by Crippen LogP contribution is -2.22. The number of halogens is 2. The number of aromatic nitrogens is 3. The van der Waals surface area contributed by atoms with Crippen LogP contribution in [0.1, 0.15) is 74.6 Å². The fourth-order valence-electron chi connectivity index (χ4n) is 5.28. The number of ketones is 1. The molecule has 1 unspecified atom stereocenters. The number of carbonyl (C=O) groups is 1. The lowest BCUT2D eigenvalue weighted by atomic mass is 9.80. The van der Waals surface area contributed by atoms with Crippen LogP contribution < -0.4 is 9.47 Å². The van der Waals surface area contributed by atoms with Gasteiger partial charge in [-0.1, -0.05) is 19.1 Å². The van der Waals surface area contributed by atoms with Gasteiger partial charge in [-0.15, -0.1) is 0 Å². The van der Waals surface area contributed by atoms with E-state index in [1.807, 2.05) is 26.0 Å². The quantitative estimate of drug-likeness (QED) is 0.356. The van der Waals surface area contributed by atoms with Gasteiger partial charge in [0.15, 0.2) is 17.4 Å². The molecule has 2 aromatic heterocycles. The Morgan fingerprint density at radius 2 is 1.97 bits per heavy atom. The number of hydrogen-bond acceptors (Lipinski definition) is 6. The number of fused-ring (bicyclic) bond motifs is 1. The molecule has 8 heteroatoms. The van der Waals surface area contributed by atoms with E-state index in [1.54, 1.807) is 20.0 Å². The van der Waals surface area contributed by atoms with Gasteiger partial charge in [0, 0.05) is 17.5 Å². The van der Waals surface area contributed by atoms with E-state index < -0.39 is 11.9 Å². The Bertz CT molecular complexity index is 1340. The molecule has 3 atom stereocenters. The minimum atomic E-state index is -0.518. The van der Waals surface area contributed by atoms with E-state index in [4.69, 9.17) is 9.47 Å². The van der Waals surface area contributed by atoms with Crippen molar-refractivity contribution in [2.45, 2.75) is 65.4 Å². The summed E-state index contributed by atoms with van der Waals surface area (Å²) in [4.78, 5) is 25.2. The molecule has 0 spiro atoms. The van der Waals surface area contributed by atoms with Crippen molar-refractivity contribution in [3.8, 4) is 22.9 Å². The maximum absolute atomic E-state index is 15.9. The lowest BCUT2D eigenvalue weighted by Gasteiger charge is -2.29. The first-order chi connectivity index (χ1) is 17.8. The molecule has 0 radical (unpaired) electrons. The monoisotopic (exact) mass is 507 g/mol. The van der Waals surface area contributed by atoms with Gasteiger partial charge in [0.05, 0.1) is 36.1 Å². The molecule has 3 heterocycles. The van der Waals surface area contributed by atoms with E-state index in [2.05, 4.69) is 15.0 Å². The van der Waals surface area contributed by atoms with Gasteiger partial charge >= 0.3 is 0 Å². The third-order valence-electron chi connectivity index (χ3n) is 7.49. The molecule has 194 valence electrons. The molecule has 3 aromatic rings. The smallest absolute Gasteiger partial charge is 0.214 e. The predicted octanol–water partition coefficient (Wildman–Crippen LogP) is 6.31. The number of rotatable bonds is 8. The molecule has 0 bridgehead atoms. The van der Waals surface area contributed by atoms with Crippen molar-refractivity contribution < 1.29 is 23.0 Å². The fraction of sp³-hybridized carbons (Fsp3) is 0.448. The Morgan fingerprint density at radius 3 is 2.65 bits per heavy atom. The number of aryl methyl sites for hydroxylation is 2. The number of benzene rings is 1. The lowest BCUT2D eigenvalue weighted by molar-refractivity contribution is -0.121. The average Bonchev–Trinajstić information content (AvgIpc) is 3.72. The van der Waals surface area contributed by atoms with Crippen LogP contribution in [0.15, 0.2) is 30.6 Å². The highest BCUT2D eigenvalue weighted by Gasteiger charge is 2.40. The van der Waals surface area contributed by atoms with Crippen LogP contribution in [0.3, 0.4) is 0 Å². The van der Waals surface area contributed by atoms with Gasteiger partial charge in [-0.3, -0.25) is 14.8 Å². The van der Waals surface area contributed by atoms with Gasteiger partial charge in [-0.2, -0.15) is 0 Å². The summed E-state index contributed by atoms with van der Waals surface area (Å²) in [5, 5.41) is 0. The van der Waals surface area contributed by atoms with Crippen LogP contribution in [0.2, 0.25) is 0 Å². The van der Waals surface area contributed by atoms with Crippen LogP contribution in [-0.2, 0) is 11.2 Å². The summed E-state index contributed by atoms with van der Waals surface area (Å²) in [6.45, 7) is 7.45. The van der Waals surface area contributed by atoms with E-state index in [0.29, 0.717) is 53.9 Å². The molecule has 5 rings (SSSR count). The van der Waals surface area contributed by atoms with Crippen molar-refractivity contribution in [3.05, 3.63) is 64.7 Å². The normalized spacial score (nSPS) is 18.5. The predicted molar refractivity (Wildman–Crippen MR) is 135 cm³/mol. The Morgan fingerprint density at radius 1 is 1.19 bits per heavy atom. The van der Waals surface area contributed by atoms with Crippen LogP contribution >= 0.6 is 0 Å². The summed E-state index contributed by atoms with van der Waals surface area (Å²) >= 11 is 0. The zero-order chi connectivity index (χ0) is 26.3. The number of pyridine rings is 1. The van der Waals surface area contributed by atoms with E-state index in [0.717, 1.165) is 24.6 Å². The van der Waals surface area contributed by atoms with Crippen molar-refractivity contribution in [1.29, 1.82) is 0 Å². The van der Waals surface area contributed by atoms with Crippen molar-refractivity contribution in [2.75, 3.05) is 6.61 Å². The highest BCUT2D eigenvalue weighted by Crippen LogP contribution is 2.49. The summed E-state index contributed by atoms with van der Waals surface area (Å²) in [6, 6.07) is 5.27. The van der Waals surface area contributed by atoms with Gasteiger partial charge in [0.2, 0.25) is 5.88 Å². The highest BCUT2D eigenvalue weighted by molar-refractivity contribution is 5.79.